The second-order valence-electron chi connectivity index (χ2n) is 5.61. The lowest BCUT2D eigenvalue weighted by atomic mass is 10.3. The van der Waals surface area contributed by atoms with Gasteiger partial charge in [-0.25, -0.2) is 9.78 Å². The fourth-order valence-electron chi connectivity index (χ4n) is 1.98. The molecule has 1 aliphatic rings. The van der Waals surface area contributed by atoms with Crippen molar-refractivity contribution in [3.05, 3.63) is 24.3 Å². The van der Waals surface area contributed by atoms with Crippen molar-refractivity contribution < 1.29 is 23.5 Å². The first-order chi connectivity index (χ1) is 12.0. The van der Waals surface area contributed by atoms with Crippen LogP contribution in [0.1, 0.15) is 19.8 Å². The summed E-state index contributed by atoms with van der Waals surface area (Å²) in [5.41, 5.74) is 1.33. The molecule has 0 aliphatic heterocycles. The van der Waals surface area contributed by atoms with Crippen LogP contribution in [0.5, 0.6) is 0 Å². The SMILES string of the molecule is CC(OC(=O)CSc1nc2ccccc2o1)C(=O)NC(=O)NC1CC1. The summed E-state index contributed by atoms with van der Waals surface area (Å²) in [5, 5.41) is 5.11. The number of amides is 3. The van der Waals surface area contributed by atoms with Crippen molar-refractivity contribution in [2.24, 2.45) is 0 Å². The number of nitrogens with one attached hydrogen (secondary N) is 2. The molecule has 2 N–H and O–H groups in total. The van der Waals surface area contributed by atoms with E-state index >= 15 is 0 Å². The number of urea groups is 1. The standard InChI is InChI=1S/C16H17N3O5S/c1-9(14(21)19-15(22)17-10-6-7-10)23-13(20)8-25-16-18-11-4-2-3-5-12(11)24-16/h2-5,9-10H,6-8H2,1H3,(H2,17,19,21,22). The van der Waals surface area contributed by atoms with Crippen molar-refractivity contribution in [3.8, 4) is 0 Å². The highest BCUT2D eigenvalue weighted by Crippen LogP contribution is 2.23. The lowest BCUT2D eigenvalue weighted by Gasteiger charge is -2.12. The van der Waals surface area contributed by atoms with Gasteiger partial charge in [-0.05, 0) is 31.9 Å². The first kappa shape index (κ1) is 17.3. The number of ether oxygens (including phenoxy) is 1. The second kappa shape index (κ2) is 7.56. The number of para-hydroxylation sites is 2. The summed E-state index contributed by atoms with van der Waals surface area (Å²) >= 11 is 1.08. The summed E-state index contributed by atoms with van der Waals surface area (Å²) in [6, 6.07) is 6.82. The molecular weight excluding hydrogens is 346 g/mol. The van der Waals surface area contributed by atoms with E-state index in [1.165, 1.54) is 6.92 Å². The topological polar surface area (TPSA) is 111 Å². The molecule has 1 aromatic carbocycles. The maximum Gasteiger partial charge on any atom is 0.321 e. The number of benzene rings is 1. The van der Waals surface area contributed by atoms with Gasteiger partial charge in [-0.1, -0.05) is 23.9 Å². The van der Waals surface area contributed by atoms with Crippen LogP contribution in [0.4, 0.5) is 4.79 Å². The van der Waals surface area contributed by atoms with Crippen molar-refractivity contribution in [2.45, 2.75) is 37.1 Å². The Hall–Kier alpha value is -2.55. The summed E-state index contributed by atoms with van der Waals surface area (Å²) in [7, 11) is 0. The molecule has 3 rings (SSSR count). The number of hydrogen-bond acceptors (Lipinski definition) is 7. The van der Waals surface area contributed by atoms with E-state index in [-0.39, 0.29) is 11.8 Å². The number of carbonyl (C=O) groups is 3. The third-order valence-corrected chi connectivity index (χ3v) is 4.22. The lowest BCUT2D eigenvalue weighted by Crippen LogP contribution is -2.45. The Kier molecular flexibility index (Phi) is 5.22. The molecule has 1 unspecified atom stereocenters. The molecule has 1 fully saturated rings. The number of rotatable bonds is 6. The van der Waals surface area contributed by atoms with Gasteiger partial charge in [-0.2, -0.15) is 0 Å². The molecular formula is C16H17N3O5S. The fraction of sp³-hybridized carbons (Fsp3) is 0.375. The summed E-state index contributed by atoms with van der Waals surface area (Å²) in [4.78, 5) is 39.3. The van der Waals surface area contributed by atoms with Crippen molar-refractivity contribution in [1.29, 1.82) is 0 Å². The van der Waals surface area contributed by atoms with Crippen LogP contribution in [-0.4, -0.2) is 40.8 Å². The molecule has 1 aliphatic carbocycles. The normalized spacial score (nSPS) is 14.8. The van der Waals surface area contributed by atoms with E-state index in [0.717, 1.165) is 24.6 Å². The predicted octanol–water partition coefficient (Wildman–Crippen LogP) is 1.84. The van der Waals surface area contributed by atoms with Gasteiger partial charge < -0.3 is 14.5 Å². The van der Waals surface area contributed by atoms with Crippen molar-refractivity contribution in [1.82, 2.24) is 15.6 Å². The van der Waals surface area contributed by atoms with Crippen molar-refractivity contribution >= 4 is 40.8 Å². The molecule has 1 saturated carbocycles. The predicted molar refractivity (Wildman–Crippen MR) is 90.0 cm³/mol. The second-order valence-corrected chi connectivity index (χ2v) is 6.53. The zero-order chi connectivity index (χ0) is 17.8. The minimum Gasteiger partial charge on any atom is -0.452 e. The van der Waals surface area contributed by atoms with E-state index in [0.29, 0.717) is 16.3 Å². The molecule has 1 atom stereocenters. The third-order valence-electron chi connectivity index (χ3n) is 3.41. The molecule has 1 aromatic heterocycles. The van der Waals surface area contributed by atoms with Crippen LogP contribution in [0.25, 0.3) is 11.1 Å². The number of esters is 1. The number of carbonyl (C=O) groups excluding carboxylic acids is 3. The molecule has 2 aromatic rings. The van der Waals surface area contributed by atoms with E-state index < -0.39 is 24.0 Å². The highest BCUT2D eigenvalue weighted by atomic mass is 32.2. The van der Waals surface area contributed by atoms with Crippen LogP contribution in [0.3, 0.4) is 0 Å². The molecule has 0 radical (unpaired) electrons. The molecule has 1 heterocycles. The fourth-order valence-corrected chi connectivity index (χ4v) is 2.60. The number of aromatic nitrogens is 1. The number of imide groups is 1. The van der Waals surface area contributed by atoms with E-state index in [9.17, 15) is 14.4 Å². The number of thioether (sulfide) groups is 1. The van der Waals surface area contributed by atoms with Gasteiger partial charge in [0.1, 0.15) is 11.3 Å². The third kappa shape index (κ3) is 4.96. The van der Waals surface area contributed by atoms with Gasteiger partial charge >= 0.3 is 12.0 Å². The maximum atomic E-state index is 11.8. The Labute approximate surface area is 147 Å². The number of oxazole rings is 1. The molecule has 0 saturated heterocycles. The van der Waals surface area contributed by atoms with Gasteiger partial charge in [-0.3, -0.25) is 14.9 Å². The van der Waals surface area contributed by atoms with E-state index in [2.05, 4.69) is 15.6 Å². The minimum atomic E-state index is -1.07. The van der Waals surface area contributed by atoms with Crippen LogP contribution in [0.15, 0.2) is 33.9 Å². The maximum absolute atomic E-state index is 11.8. The number of hydrogen-bond donors (Lipinski definition) is 2. The zero-order valence-electron chi connectivity index (χ0n) is 13.5. The first-order valence-electron chi connectivity index (χ1n) is 7.80. The van der Waals surface area contributed by atoms with Gasteiger partial charge in [0.05, 0.1) is 0 Å². The largest absolute Gasteiger partial charge is 0.452 e. The monoisotopic (exact) mass is 363 g/mol. The molecule has 132 valence electrons. The Morgan fingerprint density at radius 2 is 2.12 bits per heavy atom. The Morgan fingerprint density at radius 3 is 2.84 bits per heavy atom. The summed E-state index contributed by atoms with van der Waals surface area (Å²) < 4.78 is 10.5. The molecule has 3 amide bonds. The highest BCUT2D eigenvalue weighted by molar-refractivity contribution is 7.99. The summed E-state index contributed by atoms with van der Waals surface area (Å²) in [5.74, 6) is -1.32. The summed E-state index contributed by atoms with van der Waals surface area (Å²) in [6.45, 7) is 1.40. The van der Waals surface area contributed by atoms with Gasteiger partial charge in [0.2, 0.25) is 0 Å². The zero-order valence-corrected chi connectivity index (χ0v) is 14.3. The van der Waals surface area contributed by atoms with E-state index in [1.807, 2.05) is 12.1 Å². The molecule has 9 heteroatoms. The van der Waals surface area contributed by atoms with E-state index in [4.69, 9.17) is 9.15 Å². The quantitative estimate of drug-likeness (QED) is 0.595. The Morgan fingerprint density at radius 1 is 1.36 bits per heavy atom. The average molecular weight is 363 g/mol. The van der Waals surface area contributed by atoms with Crippen LogP contribution in [0.2, 0.25) is 0 Å². The van der Waals surface area contributed by atoms with E-state index in [1.54, 1.807) is 12.1 Å². The lowest BCUT2D eigenvalue weighted by molar-refractivity contribution is -0.151. The van der Waals surface area contributed by atoms with Gasteiger partial charge in [0.25, 0.3) is 11.1 Å². The molecule has 0 spiro atoms. The molecule has 0 bridgehead atoms. The summed E-state index contributed by atoms with van der Waals surface area (Å²) in [6.07, 6.45) is 0.764. The minimum absolute atomic E-state index is 0.0568. The highest BCUT2D eigenvalue weighted by Gasteiger charge is 2.26. The average Bonchev–Trinajstić information content (AvgIpc) is 3.28. The molecule has 25 heavy (non-hydrogen) atoms. The Balaban J connectivity index is 1.42. The van der Waals surface area contributed by atoms with Gasteiger partial charge in [0, 0.05) is 6.04 Å². The number of nitrogens with zero attached hydrogens (tertiary/aromatic N) is 1. The van der Waals surface area contributed by atoms with Crippen LogP contribution in [0, 0.1) is 0 Å². The Bertz CT molecular complexity index is 769. The van der Waals surface area contributed by atoms with Crippen molar-refractivity contribution in [2.75, 3.05) is 5.75 Å². The molecule has 8 nitrogen and oxygen atoms in total. The van der Waals surface area contributed by atoms with Crippen LogP contribution < -0.4 is 10.6 Å². The van der Waals surface area contributed by atoms with Gasteiger partial charge in [0.15, 0.2) is 11.7 Å². The van der Waals surface area contributed by atoms with Crippen LogP contribution >= 0.6 is 11.8 Å². The van der Waals surface area contributed by atoms with Crippen molar-refractivity contribution in [3.63, 3.8) is 0 Å². The smallest absolute Gasteiger partial charge is 0.321 e. The first-order valence-corrected chi connectivity index (χ1v) is 8.79. The van der Waals surface area contributed by atoms with Gasteiger partial charge in [-0.15, -0.1) is 0 Å². The van der Waals surface area contributed by atoms with Crippen LogP contribution in [-0.2, 0) is 14.3 Å². The number of fused-ring (bicyclic) bond motifs is 1.